The number of halogens is 6. The molecule has 0 bridgehead atoms. The second kappa shape index (κ2) is 12.0. The summed E-state index contributed by atoms with van der Waals surface area (Å²) in [6.07, 6.45) is -5.03. The number of alkyl halides is 6. The maximum Gasteiger partial charge on any atom is 0.438 e. The van der Waals surface area contributed by atoms with Crippen LogP contribution in [0.25, 0.3) is 0 Å². The van der Waals surface area contributed by atoms with Gasteiger partial charge in [-0.15, -0.1) is 0 Å². The van der Waals surface area contributed by atoms with Gasteiger partial charge in [-0.1, -0.05) is 64.7 Å². The number of rotatable bonds is 14. The fraction of sp³-hybridized carbons (Fsp3) is 0.941. The standard InChI is InChI=1S/C17H28F6O5S/c1-2-3-4-5-6-7-8-9-10-11-12-14(24)28-15(16(18,19)20,17(21,22)23)13-29(25,26)27/h2-13H2,1H3,(H,25,26,27)/p-1. The van der Waals surface area contributed by atoms with Crippen LogP contribution in [0.1, 0.15) is 77.6 Å². The minimum absolute atomic E-state index is 0.00934. The molecule has 0 N–H and O–H groups in total. The maximum atomic E-state index is 13.0. The molecule has 29 heavy (non-hydrogen) atoms. The van der Waals surface area contributed by atoms with Crippen LogP contribution in [0.5, 0.6) is 0 Å². The van der Waals surface area contributed by atoms with Gasteiger partial charge >= 0.3 is 23.9 Å². The van der Waals surface area contributed by atoms with Gasteiger partial charge in [0.15, 0.2) is 0 Å². The molecule has 12 heteroatoms. The summed E-state index contributed by atoms with van der Waals surface area (Å²) >= 11 is 0. The van der Waals surface area contributed by atoms with E-state index in [1.54, 1.807) is 0 Å². The van der Waals surface area contributed by atoms with Crippen LogP contribution >= 0.6 is 0 Å². The highest BCUT2D eigenvalue weighted by molar-refractivity contribution is 7.85. The highest BCUT2D eigenvalue weighted by Crippen LogP contribution is 2.47. The second-order valence-corrected chi connectivity index (χ2v) is 8.33. The van der Waals surface area contributed by atoms with Gasteiger partial charge in [0, 0.05) is 6.42 Å². The predicted octanol–water partition coefficient (Wildman–Crippen LogP) is 5.25. The lowest BCUT2D eigenvalue weighted by Crippen LogP contribution is -2.63. The first-order valence-electron chi connectivity index (χ1n) is 9.45. The normalized spacial score (nSPS) is 13.5. The smallest absolute Gasteiger partial charge is 0.438 e. The fourth-order valence-corrected chi connectivity index (χ4v) is 3.60. The van der Waals surface area contributed by atoms with E-state index in [1.807, 2.05) is 0 Å². The van der Waals surface area contributed by atoms with Crippen LogP contribution in [0.15, 0.2) is 0 Å². The Kier molecular flexibility index (Phi) is 11.5. The molecule has 0 heterocycles. The molecule has 0 aromatic rings. The third-order valence-corrected chi connectivity index (χ3v) is 5.08. The van der Waals surface area contributed by atoms with E-state index < -0.39 is 46.2 Å². The SMILES string of the molecule is CCCCCCCCCCCCC(=O)OC(CS(=O)(=O)[O-])(C(F)(F)F)C(F)(F)F. The van der Waals surface area contributed by atoms with Gasteiger partial charge in [0.25, 0.3) is 0 Å². The minimum atomic E-state index is -6.32. The van der Waals surface area contributed by atoms with Crippen molar-refractivity contribution in [2.45, 2.75) is 95.5 Å². The van der Waals surface area contributed by atoms with Crippen LogP contribution in [-0.4, -0.2) is 42.6 Å². The molecular weight excluding hydrogens is 430 g/mol. The van der Waals surface area contributed by atoms with Crippen molar-refractivity contribution < 1.29 is 48.8 Å². The van der Waals surface area contributed by atoms with E-state index in [-0.39, 0.29) is 6.42 Å². The Hall–Kier alpha value is -1.04. The number of carbonyl (C=O) groups excluding carboxylic acids is 1. The summed E-state index contributed by atoms with van der Waals surface area (Å²) in [5.41, 5.74) is -5.38. The molecule has 0 aliphatic rings. The lowest BCUT2D eigenvalue weighted by molar-refractivity contribution is -0.361. The molecule has 0 aliphatic heterocycles. The lowest BCUT2D eigenvalue weighted by atomic mass is 10.0. The Morgan fingerprint density at radius 1 is 0.793 bits per heavy atom. The fourth-order valence-electron chi connectivity index (χ4n) is 2.72. The number of ether oxygens (including phenoxy) is 1. The summed E-state index contributed by atoms with van der Waals surface area (Å²) in [5.74, 6) is -4.82. The van der Waals surface area contributed by atoms with E-state index >= 15 is 0 Å². The van der Waals surface area contributed by atoms with E-state index in [2.05, 4.69) is 11.7 Å². The highest BCUT2D eigenvalue weighted by atomic mass is 32.2. The monoisotopic (exact) mass is 457 g/mol. The van der Waals surface area contributed by atoms with E-state index in [4.69, 9.17) is 0 Å². The van der Waals surface area contributed by atoms with Crippen molar-refractivity contribution in [3.8, 4) is 0 Å². The zero-order chi connectivity index (χ0) is 22.8. The lowest BCUT2D eigenvalue weighted by Gasteiger charge is -2.36. The number of esters is 1. The first-order valence-corrected chi connectivity index (χ1v) is 11.0. The quantitative estimate of drug-likeness (QED) is 0.154. The topological polar surface area (TPSA) is 83.5 Å². The molecule has 0 amide bonds. The van der Waals surface area contributed by atoms with E-state index in [1.165, 1.54) is 0 Å². The molecule has 0 aromatic heterocycles. The van der Waals surface area contributed by atoms with Crippen molar-refractivity contribution in [2.24, 2.45) is 0 Å². The molecular formula is C17H27F6O5S-. The van der Waals surface area contributed by atoms with Crippen molar-refractivity contribution in [1.82, 2.24) is 0 Å². The van der Waals surface area contributed by atoms with Gasteiger partial charge in [0.2, 0.25) is 0 Å². The summed E-state index contributed by atoms with van der Waals surface area (Å²) in [5, 5.41) is 0. The molecule has 0 atom stereocenters. The number of hydrogen-bond acceptors (Lipinski definition) is 5. The van der Waals surface area contributed by atoms with Crippen LogP contribution < -0.4 is 0 Å². The van der Waals surface area contributed by atoms with E-state index in [0.717, 1.165) is 44.9 Å². The van der Waals surface area contributed by atoms with Crippen LogP contribution in [0.4, 0.5) is 26.3 Å². The van der Waals surface area contributed by atoms with Gasteiger partial charge in [-0.2, -0.15) is 26.3 Å². The van der Waals surface area contributed by atoms with Crippen LogP contribution in [0.3, 0.4) is 0 Å². The third-order valence-electron chi connectivity index (χ3n) is 4.32. The molecule has 0 aliphatic carbocycles. The summed E-state index contributed by atoms with van der Waals surface area (Å²) in [6, 6.07) is 0. The highest BCUT2D eigenvalue weighted by Gasteiger charge is 2.75. The average molecular weight is 457 g/mol. The van der Waals surface area contributed by atoms with Gasteiger partial charge in [-0.25, -0.2) is 8.42 Å². The Morgan fingerprint density at radius 3 is 1.52 bits per heavy atom. The van der Waals surface area contributed by atoms with E-state index in [0.29, 0.717) is 12.8 Å². The maximum absolute atomic E-state index is 13.0. The molecule has 5 nitrogen and oxygen atoms in total. The third kappa shape index (κ3) is 10.5. The molecule has 174 valence electrons. The molecule has 0 spiro atoms. The van der Waals surface area contributed by atoms with Crippen molar-refractivity contribution in [1.29, 1.82) is 0 Å². The van der Waals surface area contributed by atoms with Gasteiger partial charge in [0.05, 0.1) is 15.9 Å². The Bertz CT molecular complexity index is 572. The molecule has 0 radical (unpaired) electrons. The zero-order valence-electron chi connectivity index (χ0n) is 16.2. The first-order chi connectivity index (χ1) is 13.2. The molecule has 0 rings (SSSR count). The molecule has 0 saturated heterocycles. The predicted molar refractivity (Wildman–Crippen MR) is 92.0 cm³/mol. The molecule has 0 unspecified atom stereocenters. The van der Waals surface area contributed by atoms with Crippen LogP contribution in [-0.2, 0) is 19.6 Å². The van der Waals surface area contributed by atoms with Crippen LogP contribution in [0.2, 0.25) is 0 Å². The van der Waals surface area contributed by atoms with Gasteiger partial charge in [-0.05, 0) is 6.42 Å². The van der Waals surface area contributed by atoms with Gasteiger partial charge in [-0.3, -0.25) is 4.79 Å². The Morgan fingerprint density at radius 2 is 1.17 bits per heavy atom. The first kappa shape index (κ1) is 28.0. The van der Waals surface area contributed by atoms with E-state index in [9.17, 15) is 44.1 Å². The number of hydrogen-bond donors (Lipinski definition) is 0. The van der Waals surface area contributed by atoms with Gasteiger partial charge < -0.3 is 9.29 Å². The molecule has 0 aromatic carbocycles. The molecule has 0 fully saturated rings. The van der Waals surface area contributed by atoms with Crippen LogP contribution in [0, 0.1) is 0 Å². The Balaban J connectivity index is 4.63. The Labute approximate surface area is 166 Å². The summed E-state index contributed by atoms with van der Waals surface area (Å²) < 4.78 is 113. The summed E-state index contributed by atoms with van der Waals surface area (Å²) in [4.78, 5) is 11.6. The summed E-state index contributed by atoms with van der Waals surface area (Å²) in [6.45, 7) is 2.10. The second-order valence-electron chi connectivity index (χ2n) is 6.93. The van der Waals surface area contributed by atoms with Crippen molar-refractivity contribution in [3.05, 3.63) is 0 Å². The van der Waals surface area contributed by atoms with Crippen molar-refractivity contribution in [3.63, 3.8) is 0 Å². The zero-order valence-corrected chi connectivity index (χ0v) is 17.0. The molecule has 0 saturated carbocycles. The summed E-state index contributed by atoms with van der Waals surface area (Å²) in [7, 11) is -6.00. The largest absolute Gasteiger partial charge is 0.748 e. The number of carbonyl (C=O) groups is 1. The average Bonchev–Trinajstić information content (AvgIpc) is 2.52. The van der Waals surface area contributed by atoms with Crippen molar-refractivity contribution >= 4 is 16.1 Å². The van der Waals surface area contributed by atoms with Gasteiger partial charge in [0.1, 0.15) is 0 Å². The number of unbranched alkanes of at least 4 members (excludes halogenated alkanes) is 9. The van der Waals surface area contributed by atoms with Crippen molar-refractivity contribution in [2.75, 3.05) is 5.75 Å². The minimum Gasteiger partial charge on any atom is -0.748 e.